The molecule has 0 aromatic heterocycles. The molecule has 0 aromatic carbocycles. The number of carboxylic acid groups (broad SMARTS) is 2. The van der Waals surface area contributed by atoms with Gasteiger partial charge in [-0.25, -0.2) is 19.7 Å². The van der Waals surface area contributed by atoms with Gasteiger partial charge in [-0.2, -0.15) is 0 Å². The van der Waals surface area contributed by atoms with Crippen LogP contribution in [0.15, 0.2) is 0 Å². The molecule has 39 heteroatoms. The molecule has 0 bridgehead atoms. The first-order valence-electron chi connectivity index (χ1n) is 26.6. The first kappa shape index (κ1) is 77.1. The number of nitrogens with one attached hydrogen (secondary N) is 11. The molecule has 12 amide bonds. The quantitative estimate of drug-likeness (QED) is 0.0116. The summed E-state index contributed by atoms with van der Waals surface area (Å²) >= 11 is 0. The van der Waals surface area contributed by atoms with E-state index in [0.717, 1.165) is 0 Å². The number of carbonyl (C=O) groups is 14. The molecule has 0 spiro atoms. The zero-order valence-electron chi connectivity index (χ0n) is 46.3. The van der Waals surface area contributed by atoms with Crippen molar-refractivity contribution in [3.63, 3.8) is 0 Å². The Morgan fingerprint density at radius 1 is 0.435 bits per heavy atom. The minimum Gasteiger partial charge on any atom is -0.772 e. The van der Waals surface area contributed by atoms with E-state index in [1.807, 2.05) is 21.3 Å². The van der Waals surface area contributed by atoms with Crippen LogP contribution in [-0.2, 0) is 67.1 Å². The predicted octanol–water partition coefficient (Wildman–Crippen LogP) is -11.2. The molecule has 0 aromatic rings. The molecule has 0 radical (unpaired) electrons. The van der Waals surface area contributed by atoms with Gasteiger partial charge in [-0.1, -0.05) is 0 Å². The zero-order chi connectivity index (χ0) is 64.4. The summed E-state index contributed by atoms with van der Waals surface area (Å²) in [6.45, 7) is -2.68. The standard InChI is InChI=1S/C46H81N16O23/c47-13-1-3-15-49-37(71)29(11-6-18-60(83)25-67)54-41(75)31(21-63)56-43(77)33(35(69)45(79)80)58-39(73)27(51-23-65)9-5-17-53-62(85)20-8-10-28(52-24-66)40(74)59-34(36(70)46(81)82)44(78)57-32(22-64)42(76)55-30(12-7-19-61(84)26-68)38(72)50-16-4-2-14-48/h23-36,53,63-64,69-70,83-84H,1-22,47-48H2,(H,49,71)(H,50,72)(H,51,65)(H,52,66)(H,54,75)(H,55,76)(H,56,77)(H,57,78)(H,58,73)(H,59,74)(H,79,80)(H,81,82)/q-1. The number of carbonyl (C=O) groups excluding carboxylic acids is 12. The van der Waals surface area contributed by atoms with E-state index in [1.165, 1.54) is 0 Å². The van der Waals surface area contributed by atoms with Crippen molar-refractivity contribution < 1.29 is 108 Å². The number of amides is 12. The summed E-state index contributed by atoms with van der Waals surface area (Å²) < 4.78 is 0. The fourth-order valence-electron chi connectivity index (χ4n) is 7.36. The molecule has 10 unspecified atom stereocenters. The Kier molecular flexibility index (Phi) is 40.5. The fourth-order valence-corrected chi connectivity index (χ4v) is 7.36. The van der Waals surface area contributed by atoms with Crippen LogP contribution in [0, 0.1) is 5.21 Å². The fraction of sp³-hybridized carbons (Fsp3) is 0.696. The summed E-state index contributed by atoms with van der Waals surface area (Å²) in [7, 11) is 0. The number of hydrogen-bond donors (Lipinski definition) is 21. The average molecular weight is 1230 g/mol. The summed E-state index contributed by atoms with van der Waals surface area (Å²) in [5.41, 5.74) is 13.3. The lowest BCUT2D eigenvalue weighted by Crippen LogP contribution is -2.62. The van der Waals surface area contributed by atoms with E-state index < -0.39 is 146 Å². The molecule has 0 aliphatic carbocycles. The summed E-state index contributed by atoms with van der Waals surface area (Å²) in [5, 5.41) is 114. The van der Waals surface area contributed by atoms with E-state index in [4.69, 9.17) is 11.5 Å². The third-order valence-corrected chi connectivity index (χ3v) is 12.0. The Bertz CT molecular complexity index is 2140. The van der Waals surface area contributed by atoms with Gasteiger partial charge < -0.3 is 106 Å². The van der Waals surface area contributed by atoms with Crippen molar-refractivity contribution in [3.05, 3.63) is 5.21 Å². The zero-order valence-corrected chi connectivity index (χ0v) is 46.3. The van der Waals surface area contributed by atoms with E-state index in [0.29, 0.717) is 38.8 Å². The maximum atomic E-state index is 13.4. The molecule has 0 heterocycles. The van der Waals surface area contributed by atoms with Crippen LogP contribution in [0.2, 0.25) is 0 Å². The van der Waals surface area contributed by atoms with Gasteiger partial charge in [-0.3, -0.25) is 73.4 Å². The predicted molar refractivity (Wildman–Crippen MR) is 286 cm³/mol. The van der Waals surface area contributed by atoms with Crippen LogP contribution in [0.25, 0.3) is 0 Å². The van der Waals surface area contributed by atoms with Gasteiger partial charge in [0.15, 0.2) is 12.2 Å². The third kappa shape index (κ3) is 31.6. The monoisotopic (exact) mass is 1230 g/mol. The third-order valence-electron chi connectivity index (χ3n) is 12.0. The van der Waals surface area contributed by atoms with Crippen molar-refractivity contribution >= 4 is 84.8 Å². The number of aliphatic hydroxyl groups is 4. The lowest BCUT2D eigenvalue weighted by molar-refractivity contribution is -0.153. The Morgan fingerprint density at radius 3 is 1.12 bits per heavy atom. The van der Waals surface area contributed by atoms with Crippen LogP contribution < -0.4 is 70.1 Å². The van der Waals surface area contributed by atoms with Crippen molar-refractivity contribution in [2.75, 3.05) is 65.6 Å². The Balaban J connectivity index is 5.83. The Morgan fingerprint density at radius 2 is 0.776 bits per heavy atom. The number of rotatable bonds is 51. The smallest absolute Gasteiger partial charge is 0.335 e. The van der Waals surface area contributed by atoms with Gasteiger partial charge in [0, 0.05) is 32.7 Å². The molecule has 0 saturated heterocycles. The maximum Gasteiger partial charge on any atom is 0.335 e. The van der Waals surface area contributed by atoms with Crippen molar-refractivity contribution in [2.45, 2.75) is 138 Å². The largest absolute Gasteiger partial charge is 0.772 e. The molecule has 0 saturated carbocycles. The van der Waals surface area contributed by atoms with Gasteiger partial charge in [0.25, 0.3) is 0 Å². The number of carboxylic acids is 2. The highest BCUT2D eigenvalue weighted by Crippen LogP contribution is 2.08. The molecule has 0 rings (SSSR count). The lowest BCUT2D eigenvalue weighted by Gasteiger charge is -2.30. The SMILES string of the molecule is NCCCCNC(=O)C(CCCN(O)C=O)NC(=O)C(CO)NC(=O)C(NC(=O)C(CCCNN([O-])CCCC(NC=O)C(=O)NC(C(=O)NC(CO)C(=O)NC(CCCN(O)C=O)C(=O)NCCCCN)C(O)C(=O)O)NC=O)C(O)C(=O)O. The maximum absolute atomic E-state index is 13.4. The second-order valence-electron chi connectivity index (χ2n) is 18.5. The van der Waals surface area contributed by atoms with E-state index >= 15 is 0 Å². The summed E-state index contributed by atoms with van der Waals surface area (Å²) in [6.07, 6.45) is -4.68. The lowest BCUT2D eigenvalue weighted by atomic mass is 10.1. The van der Waals surface area contributed by atoms with Crippen LogP contribution in [0.5, 0.6) is 0 Å². The van der Waals surface area contributed by atoms with Gasteiger partial charge in [-0.05, 0) is 96.7 Å². The van der Waals surface area contributed by atoms with Crippen LogP contribution in [0.1, 0.15) is 77.0 Å². The van der Waals surface area contributed by atoms with Crippen molar-refractivity contribution in [1.29, 1.82) is 0 Å². The van der Waals surface area contributed by atoms with Crippen LogP contribution in [-0.4, -0.2) is 267 Å². The molecule has 85 heavy (non-hydrogen) atoms. The van der Waals surface area contributed by atoms with Crippen LogP contribution >= 0.6 is 0 Å². The number of aliphatic hydroxyl groups excluding tert-OH is 4. The Hall–Kier alpha value is -7.86. The van der Waals surface area contributed by atoms with Crippen LogP contribution in [0.4, 0.5) is 0 Å². The normalized spacial score (nSPS) is 14.5. The molecule has 0 aliphatic heterocycles. The van der Waals surface area contributed by atoms with Crippen LogP contribution in [0.3, 0.4) is 0 Å². The van der Waals surface area contributed by atoms with E-state index in [1.54, 1.807) is 0 Å². The average Bonchev–Trinajstić information content (AvgIpc) is 3.69. The summed E-state index contributed by atoms with van der Waals surface area (Å²) in [4.78, 5) is 174. The first-order chi connectivity index (χ1) is 40.4. The molecular formula is C46H81N16O23-. The number of hydrogen-bond acceptors (Lipinski definition) is 25. The number of aliphatic carboxylic acids is 2. The second kappa shape index (κ2) is 44.6. The highest BCUT2D eigenvalue weighted by atomic mass is 16.5. The molecule has 0 fully saturated rings. The minimum atomic E-state index is -2.71. The van der Waals surface area contributed by atoms with Gasteiger partial charge >= 0.3 is 11.9 Å². The number of unbranched alkanes of at least 4 members (excludes halogenated alkanes) is 2. The van der Waals surface area contributed by atoms with Gasteiger partial charge in [0.05, 0.1) is 13.2 Å². The molecule has 484 valence electrons. The number of hydroxylamine groups is 5. The topological polar surface area (TPSA) is 618 Å². The second-order valence-corrected chi connectivity index (χ2v) is 18.5. The van der Waals surface area contributed by atoms with Gasteiger partial charge in [0.2, 0.25) is 72.9 Å². The minimum absolute atomic E-state index is 0.0365. The molecule has 39 nitrogen and oxygen atoms in total. The molecular weight excluding hydrogens is 1140 g/mol. The van der Waals surface area contributed by atoms with Crippen molar-refractivity contribution in [2.24, 2.45) is 11.5 Å². The van der Waals surface area contributed by atoms with Gasteiger partial charge in [-0.15, -0.1) is 0 Å². The molecule has 23 N–H and O–H groups in total. The van der Waals surface area contributed by atoms with Gasteiger partial charge in [0.1, 0.15) is 48.3 Å². The van der Waals surface area contributed by atoms with E-state index in [-0.39, 0.29) is 119 Å². The highest BCUT2D eigenvalue weighted by Gasteiger charge is 2.39. The molecule has 10 atom stereocenters. The van der Waals surface area contributed by atoms with Crippen molar-refractivity contribution in [3.8, 4) is 0 Å². The molecule has 0 aliphatic rings. The first-order valence-corrected chi connectivity index (χ1v) is 26.6. The summed E-state index contributed by atoms with van der Waals surface area (Å²) in [5.74, 6) is -13.6. The van der Waals surface area contributed by atoms with E-state index in [9.17, 15) is 113 Å². The van der Waals surface area contributed by atoms with Crippen molar-refractivity contribution in [1.82, 2.24) is 73.9 Å². The summed E-state index contributed by atoms with van der Waals surface area (Å²) in [6, 6.07) is -14.6. The number of nitrogens with two attached hydrogens (primary N) is 2. The highest BCUT2D eigenvalue weighted by molar-refractivity contribution is 5.99. The number of hydrazine groups is 1. The number of nitrogens with zero attached hydrogens (tertiary/aromatic N) is 3. The Labute approximate surface area is 485 Å². The van der Waals surface area contributed by atoms with E-state index in [2.05, 4.69) is 37.3 Å².